The van der Waals surface area contributed by atoms with Crippen LogP contribution in [0.1, 0.15) is 17.2 Å². The minimum Gasteiger partial charge on any atom is -0.505 e. The molecule has 4 heteroatoms. The van der Waals surface area contributed by atoms with Crippen LogP contribution in [0, 0.1) is 0 Å². The molecule has 2 aromatic rings. The molecule has 1 aliphatic rings. The van der Waals surface area contributed by atoms with Crippen molar-refractivity contribution >= 4 is 28.1 Å². The van der Waals surface area contributed by atoms with Crippen LogP contribution in [0.25, 0.3) is 16.5 Å². The molecule has 2 aromatic carbocycles. The van der Waals surface area contributed by atoms with Crippen LogP contribution in [0.15, 0.2) is 36.2 Å². The van der Waals surface area contributed by atoms with Crippen molar-refractivity contribution in [1.29, 1.82) is 0 Å². The maximum Gasteiger partial charge on any atom is 0.175 e. The average Bonchev–Trinajstić information content (AvgIpc) is 2.35. The van der Waals surface area contributed by atoms with Crippen LogP contribution in [-0.2, 0) is 0 Å². The molecule has 1 atom stereocenters. The summed E-state index contributed by atoms with van der Waals surface area (Å²) in [5.74, 6) is -1.44. The highest BCUT2D eigenvalue weighted by molar-refractivity contribution is 6.36. The lowest BCUT2D eigenvalue weighted by Crippen LogP contribution is -2.08. The molecule has 1 aliphatic carbocycles. The van der Waals surface area contributed by atoms with Crippen molar-refractivity contribution in [3.05, 3.63) is 52.3 Å². The third-order valence-corrected chi connectivity index (χ3v) is 3.37. The highest BCUT2D eigenvalue weighted by Crippen LogP contribution is 2.42. The maximum absolute atomic E-state index is 13.6. The predicted molar refractivity (Wildman–Crippen MR) is 64.6 cm³/mol. The Hall–Kier alpha value is -1.58. The Morgan fingerprint density at radius 3 is 2.71 bits per heavy atom. The van der Waals surface area contributed by atoms with Crippen LogP contribution in [0.5, 0.6) is 0 Å². The van der Waals surface area contributed by atoms with Gasteiger partial charge in [0.15, 0.2) is 11.6 Å². The summed E-state index contributed by atoms with van der Waals surface area (Å²) in [5, 5.41) is 21.3. The first kappa shape index (κ1) is 10.6. The van der Waals surface area contributed by atoms with Gasteiger partial charge in [-0.3, -0.25) is 0 Å². The molecule has 0 bridgehead atoms. The minimum absolute atomic E-state index is 0.364. The molecule has 0 radical (unpaired) electrons. The number of aliphatic hydroxyl groups excluding tert-OH is 2. The van der Waals surface area contributed by atoms with Gasteiger partial charge in [-0.2, -0.15) is 0 Å². The van der Waals surface area contributed by atoms with E-state index in [4.69, 9.17) is 11.6 Å². The lowest BCUT2D eigenvalue weighted by Gasteiger charge is -2.21. The first-order valence-corrected chi connectivity index (χ1v) is 5.47. The smallest absolute Gasteiger partial charge is 0.175 e. The normalized spacial score (nSPS) is 18.9. The van der Waals surface area contributed by atoms with Gasteiger partial charge in [-0.15, -0.1) is 0 Å². The number of halogens is 2. The van der Waals surface area contributed by atoms with Gasteiger partial charge in [0.25, 0.3) is 0 Å². The summed E-state index contributed by atoms with van der Waals surface area (Å²) >= 11 is 6.04. The molecule has 0 saturated heterocycles. The fourth-order valence-electron chi connectivity index (χ4n) is 2.22. The summed E-state index contributed by atoms with van der Waals surface area (Å²) in [6.07, 6.45) is -1.43. The van der Waals surface area contributed by atoms with Crippen LogP contribution in [0.3, 0.4) is 0 Å². The molecule has 1 unspecified atom stereocenters. The Kier molecular flexibility index (Phi) is 2.15. The van der Waals surface area contributed by atoms with Gasteiger partial charge in [-0.05, 0) is 11.6 Å². The van der Waals surface area contributed by atoms with Crippen LogP contribution < -0.4 is 0 Å². The number of rotatable bonds is 0. The maximum atomic E-state index is 13.6. The van der Waals surface area contributed by atoms with Crippen molar-refractivity contribution in [3.63, 3.8) is 0 Å². The Morgan fingerprint density at radius 2 is 1.94 bits per heavy atom. The summed E-state index contributed by atoms with van der Waals surface area (Å²) in [4.78, 5) is 0. The van der Waals surface area contributed by atoms with E-state index in [9.17, 15) is 14.6 Å². The molecule has 2 N–H and O–H groups in total. The number of benzene rings is 2. The van der Waals surface area contributed by atoms with E-state index in [1.807, 2.05) is 0 Å². The van der Waals surface area contributed by atoms with Crippen LogP contribution in [0.4, 0.5) is 4.39 Å². The quantitative estimate of drug-likeness (QED) is 0.748. The Balaban J connectivity index is 2.54. The SMILES string of the molecule is OC1=C(F)C(O)c2ccc(Cl)c3cccc1c23. The Morgan fingerprint density at radius 1 is 1.18 bits per heavy atom. The van der Waals surface area contributed by atoms with Gasteiger partial charge in [0.2, 0.25) is 0 Å². The summed E-state index contributed by atoms with van der Waals surface area (Å²) in [5.41, 5.74) is 0.790. The number of hydrogen-bond acceptors (Lipinski definition) is 2. The average molecular weight is 251 g/mol. The molecule has 0 fully saturated rings. The van der Waals surface area contributed by atoms with E-state index in [0.717, 1.165) is 0 Å². The highest BCUT2D eigenvalue weighted by Gasteiger charge is 2.28. The molecular formula is C13H8ClFO2. The first-order chi connectivity index (χ1) is 8.11. The summed E-state index contributed by atoms with van der Waals surface area (Å²) < 4.78 is 13.6. The molecule has 2 nitrogen and oxygen atoms in total. The van der Waals surface area contributed by atoms with E-state index in [1.54, 1.807) is 30.3 Å². The summed E-state index contributed by atoms with van der Waals surface area (Å²) in [6.45, 7) is 0. The number of hydrogen-bond donors (Lipinski definition) is 2. The number of aliphatic hydroxyl groups is 2. The highest BCUT2D eigenvalue weighted by atomic mass is 35.5. The monoisotopic (exact) mass is 250 g/mol. The Labute approximate surface area is 102 Å². The second-order valence-electron chi connectivity index (χ2n) is 3.96. The lowest BCUT2D eigenvalue weighted by atomic mass is 9.90. The molecule has 3 rings (SSSR count). The standard InChI is InChI=1S/C13H8ClFO2/c14-9-5-4-8-10-6(9)2-1-3-7(10)12(16)11(15)13(8)17/h1-5,13,16-17H. The van der Waals surface area contributed by atoms with Crippen molar-refractivity contribution in [2.24, 2.45) is 0 Å². The minimum atomic E-state index is -1.43. The lowest BCUT2D eigenvalue weighted by molar-refractivity contribution is 0.182. The first-order valence-electron chi connectivity index (χ1n) is 5.09. The summed E-state index contributed by atoms with van der Waals surface area (Å²) in [7, 11) is 0. The molecular weight excluding hydrogens is 243 g/mol. The van der Waals surface area contributed by atoms with Crippen molar-refractivity contribution in [2.75, 3.05) is 0 Å². The Bertz CT molecular complexity index is 664. The molecule has 0 spiro atoms. The fraction of sp³-hybridized carbons (Fsp3) is 0.0769. The van der Waals surface area contributed by atoms with Crippen molar-refractivity contribution in [3.8, 4) is 0 Å². The molecule has 0 amide bonds. The molecule has 86 valence electrons. The molecule has 0 heterocycles. The van der Waals surface area contributed by atoms with E-state index in [0.29, 0.717) is 26.9 Å². The molecule has 0 aromatic heterocycles. The van der Waals surface area contributed by atoms with Gasteiger partial charge < -0.3 is 10.2 Å². The van der Waals surface area contributed by atoms with E-state index < -0.39 is 17.7 Å². The zero-order valence-corrected chi connectivity index (χ0v) is 9.37. The fourth-order valence-corrected chi connectivity index (χ4v) is 2.44. The molecule has 0 aliphatic heterocycles. The van der Waals surface area contributed by atoms with Crippen LogP contribution in [-0.4, -0.2) is 10.2 Å². The van der Waals surface area contributed by atoms with Crippen molar-refractivity contribution < 1.29 is 14.6 Å². The molecule has 0 saturated carbocycles. The van der Waals surface area contributed by atoms with Crippen molar-refractivity contribution in [2.45, 2.75) is 6.10 Å². The molecule has 17 heavy (non-hydrogen) atoms. The van der Waals surface area contributed by atoms with E-state index in [2.05, 4.69) is 0 Å². The zero-order valence-electron chi connectivity index (χ0n) is 8.61. The van der Waals surface area contributed by atoms with Gasteiger partial charge in [0, 0.05) is 21.4 Å². The van der Waals surface area contributed by atoms with Crippen LogP contribution in [0.2, 0.25) is 5.02 Å². The second kappa shape index (κ2) is 3.45. The topological polar surface area (TPSA) is 40.5 Å². The largest absolute Gasteiger partial charge is 0.505 e. The second-order valence-corrected chi connectivity index (χ2v) is 4.37. The van der Waals surface area contributed by atoms with Gasteiger partial charge in [-0.1, -0.05) is 35.9 Å². The van der Waals surface area contributed by atoms with Crippen molar-refractivity contribution in [1.82, 2.24) is 0 Å². The van der Waals surface area contributed by atoms with Gasteiger partial charge in [0.05, 0.1) is 0 Å². The third kappa shape index (κ3) is 1.30. The van der Waals surface area contributed by atoms with Gasteiger partial charge in [0.1, 0.15) is 6.10 Å². The third-order valence-electron chi connectivity index (χ3n) is 3.04. The van der Waals surface area contributed by atoms with Crippen LogP contribution >= 0.6 is 11.6 Å². The zero-order chi connectivity index (χ0) is 12.2. The predicted octanol–water partition coefficient (Wildman–Crippen LogP) is 3.74. The van der Waals surface area contributed by atoms with E-state index >= 15 is 0 Å². The summed E-state index contributed by atoms with van der Waals surface area (Å²) in [6, 6.07) is 8.25. The van der Waals surface area contributed by atoms with Gasteiger partial charge >= 0.3 is 0 Å². The van der Waals surface area contributed by atoms with E-state index in [1.165, 1.54) is 0 Å². The van der Waals surface area contributed by atoms with Gasteiger partial charge in [-0.25, -0.2) is 4.39 Å². The van der Waals surface area contributed by atoms with E-state index in [-0.39, 0.29) is 0 Å².